The van der Waals surface area contributed by atoms with Crippen molar-refractivity contribution in [1.29, 1.82) is 0 Å². The van der Waals surface area contributed by atoms with Gasteiger partial charge >= 0.3 is 18.0 Å². The maximum Gasteiger partial charge on any atom is 0.322 e. The topological polar surface area (TPSA) is 95.9 Å². The number of carbonyl (C=O) groups is 3. The van der Waals surface area contributed by atoms with Crippen LogP contribution in [0, 0.1) is 16.7 Å². The van der Waals surface area contributed by atoms with E-state index < -0.39 is 16.9 Å². The van der Waals surface area contributed by atoms with E-state index in [4.69, 9.17) is 16.3 Å². The Kier molecular flexibility index (Phi) is 8.38. The summed E-state index contributed by atoms with van der Waals surface area (Å²) in [6.45, 7) is 12.6. The Labute approximate surface area is 225 Å². The number of amides is 2. The molecule has 2 amide bonds. The van der Waals surface area contributed by atoms with Crippen molar-refractivity contribution in [3.63, 3.8) is 0 Å². The van der Waals surface area contributed by atoms with Gasteiger partial charge in [0.05, 0.1) is 18.6 Å². The van der Waals surface area contributed by atoms with E-state index in [-0.39, 0.29) is 35.8 Å². The normalized spacial score (nSPS) is 24.2. The Balaban J connectivity index is 1.98. The SMILES string of the molecule is COC(=O)C1CC(N2C=C(C(C)(C)CCC(=O)O)C(C)(c3ccc(CCC(C)(C)C)c(Cl)c3)NC2=O)C1. The number of ether oxygens (including phenoxy) is 1. The number of nitrogens with one attached hydrogen (secondary N) is 1. The Morgan fingerprint density at radius 2 is 1.84 bits per heavy atom. The number of benzene rings is 1. The third-order valence-electron chi connectivity index (χ3n) is 7.91. The van der Waals surface area contributed by atoms with Crippen LogP contribution in [0.2, 0.25) is 5.02 Å². The molecule has 1 fully saturated rings. The van der Waals surface area contributed by atoms with Gasteiger partial charge in [0.25, 0.3) is 0 Å². The highest BCUT2D eigenvalue weighted by Gasteiger charge is 2.48. The fourth-order valence-electron chi connectivity index (χ4n) is 5.32. The van der Waals surface area contributed by atoms with Gasteiger partial charge in [0.15, 0.2) is 0 Å². The third kappa shape index (κ3) is 6.49. The quantitative estimate of drug-likeness (QED) is 0.364. The standard InChI is InChI=1S/C29H41ClN2O5/c1-27(2,3)12-10-18-8-9-20(16-22(18)30)29(6)23(28(4,5)13-11-24(33)34)17-32(26(36)31-29)21-14-19(15-21)25(35)37-7/h8-9,16-17,19,21H,10-15H2,1-7H3,(H,31,36)(H,33,34). The molecule has 1 aromatic rings. The minimum Gasteiger partial charge on any atom is -0.481 e. The molecule has 0 radical (unpaired) electrons. The first kappa shape index (κ1) is 29.0. The Hall–Kier alpha value is -2.54. The van der Waals surface area contributed by atoms with Gasteiger partial charge in [-0.05, 0) is 72.6 Å². The first-order valence-corrected chi connectivity index (χ1v) is 13.4. The maximum atomic E-state index is 13.4. The highest BCUT2D eigenvalue weighted by Crippen LogP contribution is 2.47. The average molecular weight is 533 g/mol. The lowest BCUT2D eigenvalue weighted by atomic mass is 9.68. The Morgan fingerprint density at radius 1 is 1.19 bits per heavy atom. The van der Waals surface area contributed by atoms with Gasteiger partial charge in [0.2, 0.25) is 0 Å². The first-order valence-electron chi connectivity index (χ1n) is 13.0. The number of esters is 1. The molecule has 1 aromatic carbocycles. The van der Waals surface area contributed by atoms with Gasteiger partial charge in [0, 0.05) is 23.7 Å². The minimum atomic E-state index is -0.882. The van der Waals surface area contributed by atoms with Crippen molar-refractivity contribution >= 4 is 29.6 Å². The summed E-state index contributed by atoms with van der Waals surface area (Å²) in [6, 6.07) is 5.59. The van der Waals surface area contributed by atoms with Crippen LogP contribution in [0.15, 0.2) is 30.0 Å². The molecule has 2 N–H and O–H groups in total. The highest BCUT2D eigenvalue weighted by molar-refractivity contribution is 6.31. The number of carboxylic acid groups (broad SMARTS) is 1. The second kappa shape index (κ2) is 10.7. The molecule has 1 aliphatic carbocycles. The van der Waals surface area contributed by atoms with Crippen LogP contribution in [0.1, 0.15) is 84.8 Å². The Morgan fingerprint density at radius 3 is 2.38 bits per heavy atom. The molecule has 7 nitrogen and oxygen atoms in total. The van der Waals surface area contributed by atoms with Crippen LogP contribution in [-0.4, -0.2) is 41.1 Å². The number of carboxylic acids is 1. The van der Waals surface area contributed by atoms with Gasteiger partial charge < -0.3 is 15.2 Å². The number of hydrogen-bond acceptors (Lipinski definition) is 4. The summed E-state index contributed by atoms with van der Waals surface area (Å²) in [4.78, 5) is 38.4. The van der Waals surface area contributed by atoms with E-state index >= 15 is 0 Å². The monoisotopic (exact) mass is 532 g/mol. The van der Waals surface area contributed by atoms with Gasteiger partial charge in [-0.2, -0.15) is 0 Å². The molecule has 1 heterocycles. The number of nitrogens with zero attached hydrogens (tertiary/aromatic N) is 1. The van der Waals surface area contributed by atoms with Gasteiger partial charge in [-0.25, -0.2) is 4.79 Å². The van der Waals surface area contributed by atoms with Crippen molar-refractivity contribution in [2.45, 2.75) is 91.6 Å². The van der Waals surface area contributed by atoms with E-state index in [1.807, 2.05) is 45.2 Å². The number of hydrogen-bond donors (Lipinski definition) is 2. The molecule has 8 heteroatoms. The minimum absolute atomic E-state index is 0.00864. The highest BCUT2D eigenvalue weighted by atomic mass is 35.5. The second-order valence-corrected chi connectivity index (χ2v) is 12.9. The molecule has 3 rings (SSSR count). The molecule has 2 aliphatic rings. The first-order chi connectivity index (χ1) is 17.1. The van der Waals surface area contributed by atoms with E-state index in [2.05, 4.69) is 26.1 Å². The van der Waals surface area contributed by atoms with Crippen LogP contribution in [-0.2, 0) is 26.3 Å². The van der Waals surface area contributed by atoms with Gasteiger partial charge in [-0.3, -0.25) is 14.5 Å². The zero-order valence-corrected chi connectivity index (χ0v) is 23.9. The number of methoxy groups -OCH3 is 1. The van der Waals surface area contributed by atoms with Crippen LogP contribution in [0.4, 0.5) is 4.79 Å². The van der Waals surface area contributed by atoms with Crippen LogP contribution < -0.4 is 5.32 Å². The van der Waals surface area contributed by atoms with Crippen LogP contribution in [0.3, 0.4) is 0 Å². The molecule has 37 heavy (non-hydrogen) atoms. The summed E-state index contributed by atoms with van der Waals surface area (Å²) in [5.41, 5.74) is 1.58. The largest absolute Gasteiger partial charge is 0.481 e. The molecule has 0 saturated heterocycles. The lowest BCUT2D eigenvalue weighted by Crippen LogP contribution is -2.60. The van der Waals surface area contributed by atoms with E-state index in [1.54, 1.807) is 4.90 Å². The predicted octanol–water partition coefficient (Wildman–Crippen LogP) is 6.29. The van der Waals surface area contributed by atoms with Gasteiger partial charge in [-0.1, -0.05) is 58.4 Å². The molecule has 1 unspecified atom stereocenters. The van der Waals surface area contributed by atoms with Crippen molar-refractivity contribution in [2.75, 3.05) is 7.11 Å². The van der Waals surface area contributed by atoms with Crippen LogP contribution in [0.5, 0.6) is 0 Å². The van der Waals surface area contributed by atoms with E-state index in [0.29, 0.717) is 24.3 Å². The van der Waals surface area contributed by atoms with Crippen molar-refractivity contribution in [3.8, 4) is 0 Å². The summed E-state index contributed by atoms with van der Waals surface area (Å²) in [5, 5.41) is 13.2. The smallest absolute Gasteiger partial charge is 0.322 e. The van der Waals surface area contributed by atoms with E-state index in [1.165, 1.54) is 7.11 Å². The fraction of sp³-hybridized carbons (Fsp3) is 0.621. The lowest BCUT2D eigenvalue weighted by molar-refractivity contribution is -0.150. The fourth-order valence-corrected chi connectivity index (χ4v) is 5.60. The number of halogens is 1. The van der Waals surface area contributed by atoms with Crippen molar-refractivity contribution in [3.05, 3.63) is 46.1 Å². The van der Waals surface area contributed by atoms with Crippen LogP contribution >= 0.6 is 11.6 Å². The molecule has 1 atom stereocenters. The molecule has 1 aliphatic heterocycles. The molecule has 0 bridgehead atoms. The summed E-state index contributed by atoms with van der Waals surface area (Å²) >= 11 is 6.75. The molecule has 204 valence electrons. The number of urea groups is 1. The summed E-state index contributed by atoms with van der Waals surface area (Å²) in [5.74, 6) is -1.34. The predicted molar refractivity (Wildman–Crippen MR) is 144 cm³/mol. The average Bonchev–Trinajstić information content (AvgIpc) is 2.76. The van der Waals surface area contributed by atoms with E-state index in [9.17, 15) is 19.5 Å². The molecule has 0 aromatic heterocycles. The molecular weight excluding hydrogens is 492 g/mol. The van der Waals surface area contributed by atoms with Gasteiger partial charge in [0.1, 0.15) is 0 Å². The van der Waals surface area contributed by atoms with Crippen molar-refractivity contribution in [2.24, 2.45) is 16.7 Å². The van der Waals surface area contributed by atoms with Crippen molar-refractivity contribution in [1.82, 2.24) is 10.2 Å². The van der Waals surface area contributed by atoms with Crippen molar-refractivity contribution < 1.29 is 24.2 Å². The zero-order valence-electron chi connectivity index (χ0n) is 23.1. The number of aryl methyl sites for hydroxylation is 1. The molecular formula is C29H41ClN2O5. The van der Waals surface area contributed by atoms with Gasteiger partial charge in [-0.15, -0.1) is 0 Å². The molecule has 0 spiro atoms. The summed E-state index contributed by atoms with van der Waals surface area (Å²) in [7, 11) is 1.37. The van der Waals surface area contributed by atoms with Crippen LogP contribution in [0.25, 0.3) is 0 Å². The number of aliphatic carboxylic acids is 1. The summed E-state index contributed by atoms with van der Waals surface area (Å²) in [6.07, 6.45) is 5.20. The van der Waals surface area contributed by atoms with E-state index in [0.717, 1.165) is 29.5 Å². The molecule has 1 saturated carbocycles. The lowest BCUT2D eigenvalue weighted by Gasteiger charge is -2.50. The third-order valence-corrected chi connectivity index (χ3v) is 8.26. The maximum absolute atomic E-state index is 13.4. The zero-order chi connectivity index (χ0) is 27.8. The number of rotatable bonds is 9. The Bertz CT molecular complexity index is 1080. The second-order valence-electron chi connectivity index (χ2n) is 12.5. The summed E-state index contributed by atoms with van der Waals surface area (Å²) < 4.78 is 4.85. The number of carbonyl (C=O) groups excluding carboxylic acids is 2.